The van der Waals surface area contributed by atoms with Crippen LogP contribution >= 0.6 is 0 Å². The van der Waals surface area contributed by atoms with Crippen molar-refractivity contribution in [1.29, 1.82) is 0 Å². The SMILES string of the molecule is C=C(C)Cc1ccc(-c2ccc(C(CC)(CC)c3ccc(C#CC4(C)CCCCC4)c(C)c3)cc2C)cc1. The molecule has 1 aliphatic carbocycles. The second-order valence-corrected chi connectivity index (χ2v) is 12.1. The van der Waals surface area contributed by atoms with E-state index in [-0.39, 0.29) is 10.8 Å². The van der Waals surface area contributed by atoms with Gasteiger partial charge in [0.2, 0.25) is 0 Å². The molecule has 198 valence electrons. The molecule has 38 heavy (non-hydrogen) atoms. The molecule has 1 saturated carbocycles. The van der Waals surface area contributed by atoms with E-state index in [1.165, 1.54) is 82.2 Å². The van der Waals surface area contributed by atoms with Gasteiger partial charge in [0.05, 0.1) is 0 Å². The van der Waals surface area contributed by atoms with Crippen LogP contribution in [-0.4, -0.2) is 0 Å². The standard InChI is InChI=1S/C38H46/c1-8-38(9-2,34-18-17-32(29(5)26-34)21-24-37(7)22-11-10-12-23-37)35-19-20-36(30(6)27-35)33-15-13-31(14-16-33)25-28(3)4/h13-20,26-27H,3,8-12,22-23,25H2,1-2,4-7H3. The van der Waals surface area contributed by atoms with Gasteiger partial charge in [0.15, 0.2) is 0 Å². The van der Waals surface area contributed by atoms with Gasteiger partial charge in [-0.2, -0.15) is 0 Å². The summed E-state index contributed by atoms with van der Waals surface area (Å²) >= 11 is 0. The van der Waals surface area contributed by atoms with Gasteiger partial charge in [-0.15, -0.1) is 0 Å². The molecule has 0 aliphatic heterocycles. The van der Waals surface area contributed by atoms with E-state index in [1.54, 1.807) is 0 Å². The molecule has 0 bridgehead atoms. The molecule has 0 spiro atoms. The average molecular weight is 503 g/mol. The van der Waals surface area contributed by atoms with E-state index >= 15 is 0 Å². The highest BCUT2D eigenvalue weighted by atomic mass is 14.3. The summed E-state index contributed by atoms with van der Waals surface area (Å²) in [7, 11) is 0. The van der Waals surface area contributed by atoms with Crippen molar-refractivity contribution in [3.05, 3.63) is 106 Å². The maximum absolute atomic E-state index is 4.05. The summed E-state index contributed by atoms with van der Waals surface area (Å²) in [5.41, 5.74) is 11.9. The summed E-state index contributed by atoms with van der Waals surface area (Å²) in [5, 5.41) is 0. The number of benzene rings is 3. The summed E-state index contributed by atoms with van der Waals surface area (Å²) in [6.45, 7) is 17.7. The van der Waals surface area contributed by atoms with Crippen LogP contribution in [0.15, 0.2) is 72.8 Å². The molecule has 4 rings (SSSR count). The quantitative estimate of drug-likeness (QED) is 0.223. The van der Waals surface area contributed by atoms with E-state index in [2.05, 4.69) is 121 Å². The Morgan fingerprint density at radius 3 is 2.00 bits per heavy atom. The predicted molar refractivity (Wildman–Crippen MR) is 166 cm³/mol. The minimum atomic E-state index is 0.000697. The molecule has 0 atom stereocenters. The van der Waals surface area contributed by atoms with E-state index in [4.69, 9.17) is 0 Å². The molecular weight excluding hydrogens is 456 g/mol. The molecule has 0 saturated heterocycles. The van der Waals surface area contributed by atoms with Crippen LogP contribution in [0.25, 0.3) is 11.1 Å². The lowest BCUT2D eigenvalue weighted by atomic mass is 9.69. The molecular formula is C38H46. The number of aryl methyl sites for hydroxylation is 2. The zero-order valence-corrected chi connectivity index (χ0v) is 24.6. The Labute approximate surface area is 232 Å². The van der Waals surface area contributed by atoms with Crippen LogP contribution < -0.4 is 0 Å². The molecule has 0 aromatic heterocycles. The number of rotatable bonds is 7. The van der Waals surface area contributed by atoms with Gasteiger partial charge in [0.25, 0.3) is 0 Å². The van der Waals surface area contributed by atoms with Crippen molar-refractivity contribution in [3.8, 4) is 23.0 Å². The number of hydrogen-bond donors (Lipinski definition) is 0. The minimum Gasteiger partial charge on any atom is -0.0998 e. The largest absolute Gasteiger partial charge is 0.0998 e. The van der Waals surface area contributed by atoms with Gasteiger partial charge in [0, 0.05) is 16.4 Å². The molecule has 0 nitrogen and oxygen atoms in total. The molecule has 1 fully saturated rings. The minimum absolute atomic E-state index is 0.000697. The second kappa shape index (κ2) is 11.8. The first-order chi connectivity index (χ1) is 18.2. The monoisotopic (exact) mass is 502 g/mol. The van der Waals surface area contributed by atoms with Crippen LogP contribution in [0.4, 0.5) is 0 Å². The third-order valence-corrected chi connectivity index (χ3v) is 8.99. The van der Waals surface area contributed by atoms with Crippen LogP contribution in [-0.2, 0) is 11.8 Å². The zero-order valence-electron chi connectivity index (χ0n) is 24.6. The lowest BCUT2D eigenvalue weighted by Gasteiger charge is -2.34. The van der Waals surface area contributed by atoms with Gasteiger partial charge >= 0.3 is 0 Å². The summed E-state index contributed by atoms with van der Waals surface area (Å²) in [4.78, 5) is 0. The second-order valence-electron chi connectivity index (χ2n) is 12.1. The summed E-state index contributed by atoms with van der Waals surface area (Å²) < 4.78 is 0. The Morgan fingerprint density at radius 2 is 1.45 bits per heavy atom. The maximum atomic E-state index is 4.05. The van der Waals surface area contributed by atoms with Crippen LogP contribution in [0.5, 0.6) is 0 Å². The summed E-state index contributed by atoms with van der Waals surface area (Å²) in [6.07, 6.45) is 9.55. The van der Waals surface area contributed by atoms with Gasteiger partial charge in [-0.3, -0.25) is 0 Å². The number of allylic oxidation sites excluding steroid dienone is 1. The summed E-state index contributed by atoms with van der Waals surface area (Å²) in [6, 6.07) is 23.1. The predicted octanol–water partition coefficient (Wildman–Crippen LogP) is 10.5. The fourth-order valence-electron chi connectivity index (χ4n) is 6.45. The molecule has 3 aromatic rings. The van der Waals surface area contributed by atoms with Crippen molar-refractivity contribution in [2.45, 2.75) is 98.3 Å². The molecule has 1 aliphatic rings. The average Bonchev–Trinajstić information content (AvgIpc) is 2.90. The zero-order chi connectivity index (χ0) is 27.3. The highest BCUT2D eigenvalue weighted by Crippen LogP contribution is 2.41. The van der Waals surface area contributed by atoms with Gasteiger partial charge in [-0.05, 0) is 105 Å². The Hall–Kier alpha value is -3.04. The smallest absolute Gasteiger partial charge is 0.0290 e. The van der Waals surface area contributed by atoms with E-state index in [0.717, 1.165) is 19.3 Å². The van der Waals surface area contributed by atoms with Crippen LogP contribution in [0, 0.1) is 31.1 Å². The Morgan fingerprint density at radius 1 is 0.842 bits per heavy atom. The highest BCUT2D eigenvalue weighted by molar-refractivity contribution is 5.68. The van der Waals surface area contributed by atoms with E-state index in [0.29, 0.717) is 0 Å². The molecule has 0 N–H and O–H groups in total. The van der Waals surface area contributed by atoms with Gasteiger partial charge in [0.1, 0.15) is 0 Å². The van der Waals surface area contributed by atoms with Crippen molar-refractivity contribution < 1.29 is 0 Å². The fourth-order valence-corrected chi connectivity index (χ4v) is 6.45. The topological polar surface area (TPSA) is 0 Å². The molecule has 0 radical (unpaired) electrons. The fraction of sp³-hybridized carbons (Fsp3) is 0.421. The van der Waals surface area contributed by atoms with Crippen molar-refractivity contribution >= 4 is 0 Å². The van der Waals surface area contributed by atoms with E-state index < -0.39 is 0 Å². The van der Waals surface area contributed by atoms with Crippen LogP contribution in [0.2, 0.25) is 0 Å². The lowest BCUT2D eigenvalue weighted by Crippen LogP contribution is -2.26. The first-order valence-corrected chi connectivity index (χ1v) is 14.7. The number of hydrogen-bond acceptors (Lipinski definition) is 0. The third kappa shape index (κ3) is 5.99. The normalized spacial score (nSPS) is 15.0. The first-order valence-electron chi connectivity index (χ1n) is 14.7. The third-order valence-electron chi connectivity index (χ3n) is 8.99. The molecule has 0 heteroatoms. The Balaban J connectivity index is 1.64. The van der Waals surface area contributed by atoms with Gasteiger partial charge in [-0.25, -0.2) is 0 Å². The van der Waals surface area contributed by atoms with Gasteiger partial charge < -0.3 is 0 Å². The lowest BCUT2D eigenvalue weighted by molar-refractivity contribution is 0.299. The van der Waals surface area contributed by atoms with Crippen LogP contribution in [0.1, 0.15) is 106 Å². The van der Waals surface area contributed by atoms with Crippen molar-refractivity contribution in [2.75, 3.05) is 0 Å². The van der Waals surface area contributed by atoms with Crippen molar-refractivity contribution in [3.63, 3.8) is 0 Å². The Kier molecular flexibility index (Phi) is 8.67. The highest BCUT2D eigenvalue weighted by Gasteiger charge is 2.31. The molecule has 0 unspecified atom stereocenters. The van der Waals surface area contributed by atoms with Crippen molar-refractivity contribution in [1.82, 2.24) is 0 Å². The molecule has 3 aromatic carbocycles. The summed E-state index contributed by atoms with van der Waals surface area (Å²) in [5.74, 6) is 7.23. The van der Waals surface area contributed by atoms with E-state index in [1.807, 2.05) is 0 Å². The Bertz CT molecular complexity index is 1330. The van der Waals surface area contributed by atoms with Gasteiger partial charge in [-0.1, -0.05) is 112 Å². The maximum Gasteiger partial charge on any atom is 0.0290 e. The molecule has 0 heterocycles. The first kappa shape index (κ1) is 28.0. The van der Waals surface area contributed by atoms with Crippen LogP contribution in [0.3, 0.4) is 0 Å². The molecule has 0 amide bonds. The van der Waals surface area contributed by atoms with Crippen molar-refractivity contribution in [2.24, 2.45) is 5.41 Å². The van der Waals surface area contributed by atoms with E-state index in [9.17, 15) is 0 Å².